The lowest BCUT2D eigenvalue weighted by Gasteiger charge is -2.00. The molecule has 2 N–H and O–H groups in total. The van der Waals surface area contributed by atoms with Crippen LogP contribution in [0.25, 0.3) is 11.3 Å². The first kappa shape index (κ1) is 14.8. The fourth-order valence-electron chi connectivity index (χ4n) is 1.48. The standard InChI is InChI=1S/C12H13ClN2O2.ClH/c1-8-11(9-2-4-10(13)5-3-9)17-15-12(8)16-7-6-14;/h2-5H,6-7,14H2,1H3;1H. The molecule has 1 aromatic carbocycles. The molecule has 0 amide bonds. The van der Waals surface area contributed by atoms with E-state index >= 15 is 0 Å². The van der Waals surface area contributed by atoms with Crippen molar-refractivity contribution < 1.29 is 9.26 Å². The summed E-state index contributed by atoms with van der Waals surface area (Å²) < 4.78 is 10.6. The Bertz CT molecular complexity index is 497. The molecule has 2 aromatic rings. The molecular formula is C12H14Cl2N2O2. The summed E-state index contributed by atoms with van der Waals surface area (Å²) in [5.41, 5.74) is 7.14. The van der Waals surface area contributed by atoms with Crippen molar-refractivity contribution in [3.8, 4) is 17.2 Å². The van der Waals surface area contributed by atoms with Crippen molar-refractivity contribution >= 4 is 24.0 Å². The van der Waals surface area contributed by atoms with Gasteiger partial charge >= 0.3 is 0 Å². The van der Waals surface area contributed by atoms with Crippen LogP contribution < -0.4 is 10.5 Å². The highest BCUT2D eigenvalue weighted by molar-refractivity contribution is 6.30. The lowest BCUT2D eigenvalue weighted by atomic mass is 10.1. The summed E-state index contributed by atoms with van der Waals surface area (Å²) in [5.74, 6) is 1.18. The highest BCUT2D eigenvalue weighted by Gasteiger charge is 2.14. The molecule has 0 spiro atoms. The molecule has 98 valence electrons. The molecule has 1 heterocycles. The second-order valence-corrected chi connectivity index (χ2v) is 4.02. The van der Waals surface area contributed by atoms with Gasteiger partial charge in [0.2, 0.25) is 0 Å². The van der Waals surface area contributed by atoms with Gasteiger partial charge in [0.15, 0.2) is 5.76 Å². The number of aromatic nitrogens is 1. The molecule has 0 saturated heterocycles. The van der Waals surface area contributed by atoms with Gasteiger partial charge in [-0.2, -0.15) is 0 Å². The van der Waals surface area contributed by atoms with Crippen LogP contribution >= 0.6 is 24.0 Å². The molecular weight excluding hydrogens is 275 g/mol. The molecule has 0 atom stereocenters. The van der Waals surface area contributed by atoms with E-state index in [0.29, 0.717) is 29.8 Å². The van der Waals surface area contributed by atoms with Gasteiger partial charge in [0.1, 0.15) is 6.61 Å². The van der Waals surface area contributed by atoms with Crippen molar-refractivity contribution in [2.24, 2.45) is 5.73 Å². The number of benzene rings is 1. The number of nitrogens with zero attached hydrogens (tertiary/aromatic N) is 1. The normalized spacial score (nSPS) is 9.94. The predicted octanol–water partition coefficient (Wildman–Crippen LogP) is 3.06. The zero-order chi connectivity index (χ0) is 12.3. The average molecular weight is 289 g/mol. The molecule has 2 rings (SSSR count). The monoisotopic (exact) mass is 288 g/mol. The molecule has 0 saturated carbocycles. The summed E-state index contributed by atoms with van der Waals surface area (Å²) >= 11 is 5.83. The summed E-state index contributed by atoms with van der Waals surface area (Å²) in [6.07, 6.45) is 0. The Morgan fingerprint density at radius 3 is 2.61 bits per heavy atom. The minimum absolute atomic E-state index is 0. The van der Waals surface area contributed by atoms with Crippen LogP contribution in [0.1, 0.15) is 5.56 Å². The Morgan fingerprint density at radius 2 is 2.00 bits per heavy atom. The van der Waals surface area contributed by atoms with Gasteiger partial charge in [-0.15, -0.1) is 12.4 Å². The van der Waals surface area contributed by atoms with Gasteiger partial charge in [-0.25, -0.2) is 0 Å². The lowest BCUT2D eigenvalue weighted by molar-refractivity contribution is 0.287. The number of hydrogen-bond acceptors (Lipinski definition) is 4. The van der Waals surface area contributed by atoms with Gasteiger partial charge < -0.3 is 15.0 Å². The summed E-state index contributed by atoms with van der Waals surface area (Å²) in [4.78, 5) is 0. The van der Waals surface area contributed by atoms with Crippen LogP contribution in [0.5, 0.6) is 5.88 Å². The third-order valence-electron chi connectivity index (χ3n) is 2.34. The number of rotatable bonds is 4. The van der Waals surface area contributed by atoms with Crippen molar-refractivity contribution in [2.45, 2.75) is 6.92 Å². The maximum atomic E-state index is 5.83. The van der Waals surface area contributed by atoms with Crippen LogP contribution in [0, 0.1) is 6.92 Å². The molecule has 0 unspecified atom stereocenters. The summed E-state index contributed by atoms with van der Waals surface area (Å²) in [7, 11) is 0. The van der Waals surface area contributed by atoms with Crippen LogP contribution in [0.3, 0.4) is 0 Å². The molecule has 0 radical (unpaired) electrons. The minimum Gasteiger partial charge on any atom is -0.474 e. The van der Waals surface area contributed by atoms with Crippen molar-refractivity contribution in [1.82, 2.24) is 5.16 Å². The second kappa shape index (κ2) is 6.64. The minimum atomic E-state index is 0. The quantitative estimate of drug-likeness (QED) is 0.939. The van der Waals surface area contributed by atoms with E-state index in [-0.39, 0.29) is 12.4 Å². The van der Waals surface area contributed by atoms with Gasteiger partial charge in [0.05, 0.1) is 5.56 Å². The second-order valence-electron chi connectivity index (χ2n) is 3.59. The van der Waals surface area contributed by atoms with Crippen LogP contribution in [0.2, 0.25) is 5.02 Å². The third kappa shape index (κ3) is 3.16. The van der Waals surface area contributed by atoms with Gasteiger partial charge in [-0.05, 0) is 36.3 Å². The highest BCUT2D eigenvalue weighted by Crippen LogP contribution is 2.30. The summed E-state index contributed by atoms with van der Waals surface area (Å²) in [6, 6.07) is 7.36. The number of ether oxygens (including phenoxy) is 1. The Balaban J connectivity index is 0.00000162. The van der Waals surface area contributed by atoms with E-state index in [1.807, 2.05) is 19.1 Å². The average Bonchev–Trinajstić information content (AvgIpc) is 2.69. The Hall–Kier alpha value is -1.23. The SMILES string of the molecule is Cc1c(OCCN)noc1-c1ccc(Cl)cc1.Cl. The fourth-order valence-corrected chi connectivity index (χ4v) is 1.61. The Labute approximate surface area is 116 Å². The lowest BCUT2D eigenvalue weighted by Crippen LogP contribution is -2.11. The maximum Gasteiger partial charge on any atom is 0.257 e. The maximum absolute atomic E-state index is 5.83. The first-order chi connectivity index (χ1) is 8.22. The number of halogens is 2. The molecule has 1 aromatic heterocycles. The van der Waals surface area contributed by atoms with Crippen LogP contribution in [-0.2, 0) is 0 Å². The molecule has 6 heteroatoms. The molecule has 0 aliphatic rings. The zero-order valence-electron chi connectivity index (χ0n) is 9.85. The fraction of sp³-hybridized carbons (Fsp3) is 0.250. The van der Waals surface area contributed by atoms with Crippen LogP contribution in [0.4, 0.5) is 0 Å². The topological polar surface area (TPSA) is 61.3 Å². The number of nitrogens with two attached hydrogens (primary N) is 1. The van der Waals surface area contributed by atoms with Gasteiger partial charge in [-0.3, -0.25) is 0 Å². The number of hydrogen-bond donors (Lipinski definition) is 1. The van der Waals surface area contributed by atoms with E-state index in [1.54, 1.807) is 12.1 Å². The van der Waals surface area contributed by atoms with Gasteiger partial charge in [-0.1, -0.05) is 11.6 Å². The molecule has 0 fully saturated rings. The van der Waals surface area contributed by atoms with E-state index in [2.05, 4.69) is 5.16 Å². The van der Waals surface area contributed by atoms with Gasteiger partial charge in [0.25, 0.3) is 5.88 Å². The molecule has 0 aliphatic carbocycles. The first-order valence-corrected chi connectivity index (χ1v) is 5.65. The predicted molar refractivity (Wildman–Crippen MR) is 73.5 cm³/mol. The largest absolute Gasteiger partial charge is 0.474 e. The van der Waals surface area contributed by atoms with Crippen molar-refractivity contribution in [2.75, 3.05) is 13.2 Å². The molecule has 0 aliphatic heterocycles. The van der Waals surface area contributed by atoms with Crippen molar-refractivity contribution in [1.29, 1.82) is 0 Å². The van der Waals surface area contributed by atoms with E-state index in [9.17, 15) is 0 Å². The summed E-state index contributed by atoms with van der Waals surface area (Å²) in [6.45, 7) is 2.77. The van der Waals surface area contributed by atoms with Crippen LogP contribution in [0.15, 0.2) is 28.8 Å². The highest BCUT2D eigenvalue weighted by atomic mass is 35.5. The van der Waals surface area contributed by atoms with Crippen molar-refractivity contribution in [3.05, 3.63) is 34.9 Å². The Kier molecular flexibility index (Phi) is 5.47. The zero-order valence-corrected chi connectivity index (χ0v) is 11.4. The van der Waals surface area contributed by atoms with E-state index in [0.717, 1.165) is 11.1 Å². The smallest absolute Gasteiger partial charge is 0.257 e. The molecule has 4 nitrogen and oxygen atoms in total. The van der Waals surface area contributed by atoms with E-state index in [1.165, 1.54) is 0 Å². The third-order valence-corrected chi connectivity index (χ3v) is 2.60. The van der Waals surface area contributed by atoms with E-state index in [4.69, 9.17) is 26.6 Å². The Morgan fingerprint density at radius 1 is 1.33 bits per heavy atom. The van der Waals surface area contributed by atoms with Crippen LogP contribution in [-0.4, -0.2) is 18.3 Å². The molecule has 18 heavy (non-hydrogen) atoms. The van der Waals surface area contributed by atoms with Crippen molar-refractivity contribution in [3.63, 3.8) is 0 Å². The first-order valence-electron chi connectivity index (χ1n) is 5.27. The van der Waals surface area contributed by atoms with E-state index < -0.39 is 0 Å². The summed E-state index contributed by atoms with van der Waals surface area (Å²) in [5, 5.41) is 4.55. The molecule has 0 bridgehead atoms. The van der Waals surface area contributed by atoms with Gasteiger partial charge in [0, 0.05) is 17.1 Å².